The highest BCUT2D eigenvalue weighted by Crippen LogP contribution is 2.36. The number of piperazine rings is 1. The topological polar surface area (TPSA) is 90.7 Å². The van der Waals surface area contributed by atoms with Crippen molar-refractivity contribution in [3.8, 4) is 11.1 Å². The minimum atomic E-state index is -0.0892. The van der Waals surface area contributed by atoms with Gasteiger partial charge in [0.15, 0.2) is 5.65 Å². The molecule has 1 saturated heterocycles. The smallest absolute Gasteiger partial charge is 0.254 e. The Kier molecular flexibility index (Phi) is 4.91. The molecule has 1 fully saturated rings. The molecule has 0 spiro atoms. The predicted molar refractivity (Wildman–Crippen MR) is 132 cm³/mol. The summed E-state index contributed by atoms with van der Waals surface area (Å²) >= 11 is 0. The summed E-state index contributed by atoms with van der Waals surface area (Å²) in [7, 11) is 2.15. The van der Waals surface area contributed by atoms with Gasteiger partial charge >= 0.3 is 0 Å². The number of benzene rings is 1. The normalized spacial score (nSPS) is 16.1. The van der Waals surface area contributed by atoms with Crippen molar-refractivity contribution >= 4 is 28.7 Å². The number of nitrogens with one attached hydrogen (secondary N) is 2. The Morgan fingerprint density at radius 1 is 0.971 bits per heavy atom. The number of aryl methyl sites for hydroxylation is 1. The Bertz CT molecular complexity index is 1390. The molecule has 172 valence electrons. The Morgan fingerprint density at radius 3 is 2.62 bits per heavy atom. The first-order chi connectivity index (χ1) is 16.6. The standard InChI is InChI=1S/C25H26N8O/c1-16-11-27-24-20(14-29-33(24)15-16)18-4-5-21(23-19(18)13-28-25(23)34)30-22-6-3-17(12-26-22)32-9-7-31(2)8-10-32/h3-6,11-12,14-15H,7-10,13H2,1-2H3,(H,26,30)(H,28,34). The van der Waals surface area contributed by atoms with E-state index in [1.807, 2.05) is 49.9 Å². The molecule has 0 unspecified atom stereocenters. The molecule has 1 amide bonds. The van der Waals surface area contributed by atoms with E-state index in [2.05, 4.69) is 48.6 Å². The number of carbonyl (C=O) groups is 1. The Morgan fingerprint density at radius 2 is 1.82 bits per heavy atom. The van der Waals surface area contributed by atoms with Gasteiger partial charge in [0.05, 0.1) is 29.3 Å². The van der Waals surface area contributed by atoms with E-state index in [0.29, 0.717) is 17.9 Å². The molecule has 9 heteroatoms. The van der Waals surface area contributed by atoms with E-state index < -0.39 is 0 Å². The van der Waals surface area contributed by atoms with Crippen LogP contribution in [0.2, 0.25) is 0 Å². The van der Waals surface area contributed by atoms with Crippen LogP contribution in [0.5, 0.6) is 0 Å². The zero-order valence-corrected chi connectivity index (χ0v) is 19.2. The fourth-order valence-electron chi connectivity index (χ4n) is 4.71. The maximum atomic E-state index is 12.8. The highest BCUT2D eigenvalue weighted by atomic mass is 16.1. The summed E-state index contributed by atoms with van der Waals surface area (Å²) < 4.78 is 1.78. The number of fused-ring (bicyclic) bond motifs is 2. The lowest BCUT2D eigenvalue weighted by molar-refractivity contribution is 0.0966. The number of aromatic nitrogens is 4. The monoisotopic (exact) mass is 454 g/mol. The lowest BCUT2D eigenvalue weighted by Crippen LogP contribution is -2.44. The van der Waals surface area contributed by atoms with Crippen LogP contribution in [0.3, 0.4) is 0 Å². The number of amides is 1. The van der Waals surface area contributed by atoms with Crippen LogP contribution >= 0.6 is 0 Å². The van der Waals surface area contributed by atoms with Crippen molar-refractivity contribution < 1.29 is 4.79 Å². The second kappa shape index (κ2) is 8.11. The summed E-state index contributed by atoms with van der Waals surface area (Å²) in [6, 6.07) is 8.02. The van der Waals surface area contributed by atoms with E-state index in [4.69, 9.17) is 0 Å². The van der Waals surface area contributed by atoms with Crippen LogP contribution in [0, 0.1) is 6.92 Å². The highest BCUT2D eigenvalue weighted by Gasteiger charge is 2.27. The summed E-state index contributed by atoms with van der Waals surface area (Å²) in [5.74, 6) is 0.620. The van der Waals surface area contributed by atoms with Crippen LogP contribution in [0.4, 0.5) is 17.2 Å². The highest BCUT2D eigenvalue weighted by molar-refractivity contribution is 6.06. The lowest BCUT2D eigenvalue weighted by atomic mass is 9.97. The Labute approximate surface area is 197 Å². The zero-order chi connectivity index (χ0) is 23.2. The molecular weight excluding hydrogens is 428 g/mol. The summed E-state index contributed by atoms with van der Waals surface area (Å²) in [6.45, 7) is 6.55. The van der Waals surface area contributed by atoms with Crippen molar-refractivity contribution in [2.45, 2.75) is 13.5 Å². The second-order valence-electron chi connectivity index (χ2n) is 8.97. The molecule has 4 aromatic rings. The van der Waals surface area contributed by atoms with E-state index in [-0.39, 0.29) is 5.91 Å². The van der Waals surface area contributed by atoms with Gasteiger partial charge in [-0.05, 0) is 48.9 Å². The SMILES string of the molecule is Cc1cnc2c(-c3ccc(Nc4ccc(N5CCN(C)CC5)cn4)c4c3CNC4=O)cnn2c1. The molecule has 0 atom stereocenters. The molecule has 2 aliphatic rings. The number of nitrogens with zero attached hydrogens (tertiary/aromatic N) is 6. The minimum Gasteiger partial charge on any atom is -0.368 e. The molecule has 3 aromatic heterocycles. The van der Waals surface area contributed by atoms with Gasteiger partial charge < -0.3 is 20.4 Å². The second-order valence-corrected chi connectivity index (χ2v) is 8.97. The van der Waals surface area contributed by atoms with Gasteiger partial charge in [0.25, 0.3) is 5.91 Å². The number of likely N-dealkylation sites (N-methyl/N-ethyl adjacent to an activating group) is 1. The van der Waals surface area contributed by atoms with Crippen LogP contribution in [0.25, 0.3) is 16.8 Å². The van der Waals surface area contributed by atoms with Gasteiger partial charge in [-0.2, -0.15) is 5.10 Å². The van der Waals surface area contributed by atoms with E-state index in [0.717, 1.165) is 65.5 Å². The van der Waals surface area contributed by atoms with Crippen molar-refractivity contribution in [1.29, 1.82) is 0 Å². The van der Waals surface area contributed by atoms with E-state index in [9.17, 15) is 4.79 Å². The van der Waals surface area contributed by atoms with Crippen LogP contribution in [-0.4, -0.2) is 63.6 Å². The molecule has 0 radical (unpaired) electrons. The number of anilines is 3. The third-order valence-corrected chi connectivity index (χ3v) is 6.62. The van der Waals surface area contributed by atoms with Crippen molar-refractivity contribution in [1.82, 2.24) is 29.8 Å². The van der Waals surface area contributed by atoms with Crippen molar-refractivity contribution in [3.05, 3.63) is 65.7 Å². The van der Waals surface area contributed by atoms with E-state index in [1.165, 1.54) is 0 Å². The maximum Gasteiger partial charge on any atom is 0.254 e. The quantitative estimate of drug-likeness (QED) is 0.490. The molecule has 0 saturated carbocycles. The van der Waals surface area contributed by atoms with Gasteiger partial charge in [0.2, 0.25) is 0 Å². The van der Waals surface area contributed by atoms with Gasteiger partial charge in [0, 0.05) is 50.7 Å². The third-order valence-electron chi connectivity index (χ3n) is 6.62. The number of hydrogen-bond acceptors (Lipinski definition) is 7. The fraction of sp³-hybridized carbons (Fsp3) is 0.280. The molecule has 6 rings (SSSR count). The van der Waals surface area contributed by atoms with Crippen molar-refractivity contribution in [3.63, 3.8) is 0 Å². The van der Waals surface area contributed by atoms with Gasteiger partial charge in [-0.25, -0.2) is 14.5 Å². The van der Waals surface area contributed by atoms with Crippen LogP contribution in [-0.2, 0) is 6.54 Å². The van der Waals surface area contributed by atoms with Crippen molar-refractivity contribution in [2.75, 3.05) is 43.4 Å². The fourth-order valence-corrected chi connectivity index (χ4v) is 4.71. The van der Waals surface area contributed by atoms with Gasteiger partial charge in [-0.15, -0.1) is 0 Å². The first-order valence-corrected chi connectivity index (χ1v) is 11.5. The minimum absolute atomic E-state index is 0.0892. The van der Waals surface area contributed by atoms with Crippen LogP contribution in [0.1, 0.15) is 21.5 Å². The largest absolute Gasteiger partial charge is 0.368 e. The van der Waals surface area contributed by atoms with Gasteiger partial charge in [0.1, 0.15) is 5.82 Å². The molecule has 0 aliphatic carbocycles. The summed E-state index contributed by atoms with van der Waals surface area (Å²) in [4.78, 5) is 26.6. The molecule has 34 heavy (non-hydrogen) atoms. The predicted octanol–water partition coefficient (Wildman–Crippen LogP) is 2.84. The number of pyridine rings is 1. The number of carbonyl (C=O) groups excluding carboxylic acids is 1. The van der Waals surface area contributed by atoms with E-state index >= 15 is 0 Å². The third kappa shape index (κ3) is 3.54. The van der Waals surface area contributed by atoms with Crippen LogP contribution in [0.15, 0.2) is 49.1 Å². The molecule has 0 bridgehead atoms. The average Bonchev–Trinajstić information content (AvgIpc) is 3.44. The molecule has 9 nitrogen and oxygen atoms in total. The van der Waals surface area contributed by atoms with Crippen molar-refractivity contribution in [2.24, 2.45) is 0 Å². The molecule has 2 aliphatic heterocycles. The number of hydrogen-bond donors (Lipinski definition) is 2. The summed E-state index contributed by atoms with van der Waals surface area (Å²) in [6.07, 6.45) is 7.49. The molecular formula is C25H26N8O. The van der Waals surface area contributed by atoms with Gasteiger partial charge in [-0.3, -0.25) is 4.79 Å². The summed E-state index contributed by atoms with van der Waals surface area (Å²) in [5, 5.41) is 10.8. The zero-order valence-electron chi connectivity index (χ0n) is 19.2. The van der Waals surface area contributed by atoms with Gasteiger partial charge in [-0.1, -0.05) is 6.07 Å². The maximum absolute atomic E-state index is 12.8. The molecule has 5 heterocycles. The molecule has 1 aromatic carbocycles. The summed E-state index contributed by atoms with van der Waals surface area (Å²) in [5.41, 5.74) is 7.14. The molecule has 2 N–H and O–H groups in total. The Balaban J connectivity index is 1.31. The van der Waals surface area contributed by atoms with E-state index in [1.54, 1.807) is 4.52 Å². The van der Waals surface area contributed by atoms with Crippen LogP contribution < -0.4 is 15.5 Å². The average molecular weight is 455 g/mol. The lowest BCUT2D eigenvalue weighted by Gasteiger charge is -2.33. The number of rotatable bonds is 4. The first-order valence-electron chi connectivity index (χ1n) is 11.5. The Hall–Kier alpha value is -3.98. The first kappa shape index (κ1) is 20.6.